The summed E-state index contributed by atoms with van der Waals surface area (Å²) in [6.45, 7) is 3.37. The number of aryl methyl sites for hydroxylation is 1. The first-order valence-electron chi connectivity index (χ1n) is 5.43. The summed E-state index contributed by atoms with van der Waals surface area (Å²) in [6, 6.07) is 2.02. The van der Waals surface area contributed by atoms with Crippen molar-refractivity contribution in [3.63, 3.8) is 0 Å². The summed E-state index contributed by atoms with van der Waals surface area (Å²) in [7, 11) is 1.71. The lowest BCUT2D eigenvalue weighted by Crippen LogP contribution is -2.29. The van der Waals surface area contributed by atoms with Crippen LogP contribution in [0.2, 0.25) is 0 Å². The number of amides is 1. The molecular weight excluding hydrogens is 236 g/mol. The highest BCUT2D eigenvalue weighted by molar-refractivity contribution is 7.99. The van der Waals surface area contributed by atoms with Crippen LogP contribution in [0.4, 0.5) is 0 Å². The minimum Gasteiger partial charge on any atom is -0.344 e. The second kappa shape index (κ2) is 6.97. The minimum atomic E-state index is 0.0240. The fourth-order valence-electron chi connectivity index (χ4n) is 1.26. The molecule has 0 radical (unpaired) electrons. The summed E-state index contributed by atoms with van der Waals surface area (Å²) >= 11 is 1.43. The van der Waals surface area contributed by atoms with Gasteiger partial charge in [-0.1, -0.05) is 11.8 Å². The van der Waals surface area contributed by atoms with E-state index in [1.165, 1.54) is 11.8 Å². The van der Waals surface area contributed by atoms with Gasteiger partial charge < -0.3 is 9.47 Å². The molecule has 0 unspecified atom stereocenters. The molecule has 0 fully saturated rings. The lowest BCUT2D eigenvalue weighted by molar-refractivity contribution is -0.127. The molecule has 0 saturated carbocycles. The second-order valence-corrected chi connectivity index (χ2v) is 4.45. The van der Waals surface area contributed by atoms with Crippen molar-refractivity contribution in [2.75, 3.05) is 19.3 Å². The second-order valence-electron chi connectivity index (χ2n) is 3.51. The number of thioether (sulfide) groups is 1. The van der Waals surface area contributed by atoms with Crippen molar-refractivity contribution in [2.45, 2.75) is 25.0 Å². The number of rotatable bonds is 6. The fraction of sp³-hybridized carbons (Fsp3) is 0.545. The number of carbonyl (C=O) groups is 1. The maximum atomic E-state index is 11.7. The third kappa shape index (κ3) is 4.11. The van der Waals surface area contributed by atoms with Gasteiger partial charge in [-0.25, -0.2) is 4.98 Å². The van der Waals surface area contributed by atoms with Gasteiger partial charge in [-0.3, -0.25) is 4.79 Å². The van der Waals surface area contributed by atoms with Crippen molar-refractivity contribution in [2.24, 2.45) is 0 Å². The maximum Gasteiger partial charge on any atom is 0.232 e. The van der Waals surface area contributed by atoms with Crippen molar-refractivity contribution in [3.8, 4) is 6.07 Å². The third-order valence-corrected chi connectivity index (χ3v) is 3.32. The normalized spacial score (nSPS) is 9.94. The van der Waals surface area contributed by atoms with Gasteiger partial charge in [-0.2, -0.15) is 5.26 Å². The van der Waals surface area contributed by atoms with E-state index in [2.05, 4.69) is 4.98 Å². The van der Waals surface area contributed by atoms with Crippen molar-refractivity contribution >= 4 is 17.7 Å². The van der Waals surface area contributed by atoms with E-state index in [4.69, 9.17) is 5.26 Å². The summed E-state index contributed by atoms with van der Waals surface area (Å²) in [5.74, 6) is 0.384. The van der Waals surface area contributed by atoms with Gasteiger partial charge in [0.15, 0.2) is 5.16 Å². The van der Waals surface area contributed by atoms with Crippen LogP contribution in [0.1, 0.15) is 13.3 Å². The van der Waals surface area contributed by atoms with E-state index in [1.807, 2.05) is 23.8 Å². The van der Waals surface area contributed by atoms with Crippen molar-refractivity contribution in [3.05, 3.63) is 12.4 Å². The first-order chi connectivity index (χ1) is 8.19. The van der Waals surface area contributed by atoms with E-state index in [0.29, 0.717) is 18.7 Å². The highest BCUT2D eigenvalue weighted by atomic mass is 32.2. The molecule has 1 rings (SSSR count). The van der Waals surface area contributed by atoms with Crippen LogP contribution >= 0.6 is 11.8 Å². The van der Waals surface area contributed by atoms with Crippen LogP contribution in [0.25, 0.3) is 0 Å². The Bertz CT molecular complexity index is 410. The molecule has 0 aromatic carbocycles. The van der Waals surface area contributed by atoms with Crippen molar-refractivity contribution in [1.82, 2.24) is 14.5 Å². The minimum absolute atomic E-state index is 0.0240. The Morgan fingerprint density at radius 2 is 2.47 bits per heavy atom. The van der Waals surface area contributed by atoms with Gasteiger partial charge in [0.25, 0.3) is 0 Å². The lowest BCUT2D eigenvalue weighted by Gasteiger charge is -2.14. The molecule has 0 N–H and O–H groups in total. The molecule has 0 aliphatic heterocycles. The predicted octanol–water partition coefficient (Wildman–Crippen LogP) is 1.37. The zero-order chi connectivity index (χ0) is 12.7. The van der Waals surface area contributed by atoms with E-state index < -0.39 is 0 Å². The number of imidazole rings is 1. The topological polar surface area (TPSA) is 61.9 Å². The van der Waals surface area contributed by atoms with Crippen LogP contribution in [0.5, 0.6) is 0 Å². The summed E-state index contributed by atoms with van der Waals surface area (Å²) < 4.78 is 1.99. The monoisotopic (exact) mass is 252 g/mol. The van der Waals surface area contributed by atoms with E-state index >= 15 is 0 Å². The predicted molar refractivity (Wildman–Crippen MR) is 66.5 cm³/mol. The number of hydrogen-bond acceptors (Lipinski definition) is 4. The van der Waals surface area contributed by atoms with Crippen LogP contribution in [-0.2, 0) is 11.3 Å². The third-order valence-electron chi connectivity index (χ3n) is 2.33. The summed E-state index contributed by atoms with van der Waals surface area (Å²) in [4.78, 5) is 17.5. The first kappa shape index (κ1) is 13.6. The summed E-state index contributed by atoms with van der Waals surface area (Å²) in [5, 5.41) is 9.29. The molecule has 0 saturated heterocycles. The number of nitrogens with zero attached hydrogens (tertiary/aromatic N) is 4. The molecule has 0 aliphatic rings. The van der Waals surface area contributed by atoms with E-state index in [0.717, 1.165) is 11.7 Å². The fourth-order valence-corrected chi connectivity index (χ4v) is 2.22. The largest absolute Gasteiger partial charge is 0.344 e. The van der Waals surface area contributed by atoms with Crippen LogP contribution in [0.3, 0.4) is 0 Å². The van der Waals surface area contributed by atoms with Gasteiger partial charge in [0.2, 0.25) is 5.91 Å². The summed E-state index contributed by atoms with van der Waals surface area (Å²) in [5.41, 5.74) is 0. The van der Waals surface area contributed by atoms with E-state index in [1.54, 1.807) is 18.1 Å². The first-order valence-corrected chi connectivity index (χ1v) is 6.42. The highest BCUT2D eigenvalue weighted by Gasteiger charge is 2.10. The maximum absolute atomic E-state index is 11.7. The van der Waals surface area contributed by atoms with Crippen LogP contribution in [0, 0.1) is 11.3 Å². The van der Waals surface area contributed by atoms with Gasteiger partial charge in [0, 0.05) is 32.5 Å². The Balaban J connectivity index is 2.40. The van der Waals surface area contributed by atoms with Crippen molar-refractivity contribution < 1.29 is 4.79 Å². The van der Waals surface area contributed by atoms with Gasteiger partial charge in [-0.05, 0) is 6.92 Å². The molecule has 0 spiro atoms. The quantitative estimate of drug-likeness (QED) is 0.717. The zero-order valence-corrected chi connectivity index (χ0v) is 10.9. The zero-order valence-electron chi connectivity index (χ0n) is 10.1. The molecule has 6 heteroatoms. The molecule has 0 bridgehead atoms. The number of nitriles is 1. The Kier molecular flexibility index (Phi) is 5.57. The highest BCUT2D eigenvalue weighted by Crippen LogP contribution is 2.15. The Hall–Kier alpha value is -1.48. The van der Waals surface area contributed by atoms with Crippen LogP contribution in [0.15, 0.2) is 17.6 Å². The van der Waals surface area contributed by atoms with Gasteiger partial charge in [-0.15, -0.1) is 0 Å². The molecule has 1 heterocycles. The molecule has 5 nitrogen and oxygen atoms in total. The molecule has 17 heavy (non-hydrogen) atoms. The molecule has 92 valence electrons. The Labute approximate surface area is 105 Å². The van der Waals surface area contributed by atoms with Gasteiger partial charge in [0.1, 0.15) is 0 Å². The molecular formula is C11H16N4OS. The number of carbonyl (C=O) groups excluding carboxylic acids is 1. The molecule has 0 aliphatic carbocycles. The standard InChI is InChI=1S/C11H16N4OS/c1-3-15-8-6-13-11(15)17-9-10(16)14(2)7-4-5-12/h6,8H,3-4,7,9H2,1-2H3. The van der Waals surface area contributed by atoms with E-state index in [-0.39, 0.29) is 5.91 Å². The Morgan fingerprint density at radius 3 is 3.12 bits per heavy atom. The smallest absolute Gasteiger partial charge is 0.232 e. The number of hydrogen-bond donors (Lipinski definition) is 0. The molecule has 0 atom stereocenters. The molecule has 1 aromatic rings. The Morgan fingerprint density at radius 1 is 1.71 bits per heavy atom. The SMILES string of the molecule is CCn1ccnc1SCC(=O)N(C)CCC#N. The van der Waals surface area contributed by atoms with Crippen LogP contribution < -0.4 is 0 Å². The van der Waals surface area contributed by atoms with Crippen LogP contribution in [-0.4, -0.2) is 39.7 Å². The average molecular weight is 252 g/mol. The number of aromatic nitrogens is 2. The van der Waals surface area contributed by atoms with Crippen molar-refractivity contribution in [1.29, 1.82) is 5.26 Å². The van der Waals surface area contributed by atoms with Gasteiger partial charge in [0.05, 0.1) is 18.2 Å². The van der Waals surface area contributed by atoms with Gasteiger partial charge >= 0.3 is 0 Å². The molecule has 1 aromatic heterocycles. The molecule has 1 amide bonds. The summed E-state index contributed by atoms with van der Waals surface area (Å²) in [6.07, 6.45) is 4.00. The lowest BCUT2D eigenvalue weighted by atomic mass is 10.4. The average Bonchev–Trinajstić information content (AvgIpc) is 2.80. The van der Waals surface area contributed by atoms with E-state index in [9.17, 15) is 4.79 Å².